The van der Waals surface area contributed by atoms with E-state index in [1.54, 1.807) is 12.3 Å². The van der Waals surface area contributed by atoms with Crippen molar-refractivity contribution in [3.63, 3.8) is 0 Å². The van der Waals surface area contributed by atoms with E-state index in [-0.39, 0.29) is 11.7 Å². The molecule has 0 bridgehead atoms. The smallest absolute Gasteiger partial charge is 0.256 e. The molecule has 0 unspecified atom stereocenters. The summed E-state index contributed by atoms with van der Waals surface area (Å²) >= 11 is 0. The number of rotatable bonds is 6. The number of benzene rings is 1. The molecular formula is C17H19FN2O. The van der Waals surface area contributed by atoms with Crippen molar-refractivity contribution in [1.82, 2.24) is 10.3 Å². The molecule has 3 nitrogen and oxygen atoms in total. The lowest BCUT2D eigenvalue weighted by Crippen LogP contribution is -2.16. The first-order chi connectivity index (χ1) is 10.3. The van der Waals surface area contributed by atoms with Crippen LogP contribution in [0.4, 0.5) is 4.39 Å². The summed E-state index contributed by atoms with van der Waals surface area (Å²) in [6.07, 6.45) is 4.91. The van der Waals surface area contributed by atoms with Crippen molar-refractivity contribution in [3.05, 3.63) is 53.5 Å². The Labute approximate surface area is 124 Å². The fourth-order valence-electron chi connectivity index (χ4n) is 2.12. The van der Waals surface area contributed by atoms with Crippen molar-refractivity contribution in [2.75, 3.05) is 0 Å². The monoisotopic (exact) mass is 286 g/mol. The Morgan fingerprint density at radius 3 is 2.67 bits per heavy atom. The lowest BCUT2D eigenvalue weighted by Gasteiger charge is -2.09. The summed E-state index contributed by atoms with van der Waals surface area (Å²) in [5, 5.41) is 3.30. The van der Waals surface area contributed by atoms with Gasteiger partial charge in [-0.1, -0.05) is 19.1 Å². The van der Waals surface area contributed by atoms with Gasteiger partial charge in [0.1, 0.15) is 5.75 Å². The second-order valence-electron chi connectivity index (χ2n) is 5.34. The first-order valence-corrected chi connectivity index (χ1v) is 7.40. The Bertz CT molecular complexity index is 609. The number of aromatic nitrogens is 1. The summed E-state index contributed by atoms with van der Waals surface area (Å²) in [6.45, 7) is 2.61. The molecule has 0 spiro atoms. The molecule has 21 heavy (non-hydrogen) atoms. The van der Waals surface area contributed by atoms with E-state index in [9.17, 15) is 4.39 Å². The SMILES string of the molecule is CCc1ccc(Oc2nccc(CNC3CC3)c2F)cc1. The molecule has 0 aliphatic heterocycles. The molecule has 1 aromatic heterocycles. The summed E-state index contributed by atoms with van der Waals surface area (Å²) in [5.74, 6) is 0.255. The molecule has 0 atom stereocenters. The van der Waals surface area contributed by atoms with Crippen LogP contribution in [0, 0.1) is 5.82 Å². The van der Waals surface area contributed by atoms with Crippen LogP contribution in [0.25, 0.3) is 0 Å². The van der Waals surface area contributed by atoms with Gasteiger partial charge in [0, 0.05) is 24.3 Å². The van der Waals surface area contributed by atoms with Gasteiger partial charge in [-0.3, -0.25) is 0 Å². The quantitative estimate of drug-likeness (QED) is 0.876. The van der Waals surface area contributed by atoms with Crippen molar-refractivity contribution in [1.29, 1.82) is 0 Å². The molecule has 0 radical (unpaired) electrons. The largest absolute Gasteiger partial charge is 0.436 e. The van der Waals surface area contributed by atoms with E-state index < -0.39 is 0 Å². The Morgan fingerprint density at radius 1 is 1.24 bits per heavy atom. The van der Waals surface area contributed by atoms with Gasteiger partial charge in [-0.2, -0.15) is 0 Å². The average molecular weight is 286 g/mol. The van der Waals surface area contributed by atoms with E-state index in [4.69, 9.17) is 4.74 Å². The third-order valence-electron chi connectivity index (χ3n) is 3.64. The highest BCUT2D eigenvalue weighted by molar-refractivity contribution is 5.32. The zero-order valence-corrected chi connectivity index (χ0v) is 12.1. The fraction of sp³-hybridized carbons (Fsp3) is 0.353. The predicted octanol–water partition coefficient (Wildman–Crippen LogP) is 3.83. The number of ether oxygens (including phenoxy) is 1. The van der Waals surface area contributed by atoms with Crippen molar-refractivity contribution < 1.29 is 9.13 Å². The van der Waals surface area contributed by atoms with Crippen LogP contribution in [0.1, 0.15) is 30.9 Å². The third kappa shape index (κ3) is 3.58. The van der Waals surface area contributed by atoms with Crippen LogP contribution < -0.4 is 10.1 Å². The fourth-order valence-corrected chi connectivity index (χ4v) is 2.12. The van der Waals surface area contributed by atoms with Crippen LogP contribution in [-0.2, 0) is 13.0 Å². The number of nitrogens with zero attached hydrogens (tertiary/aromatic N) is 1. The zero-order valence-electron chi connectivity index (χ0n) is 12.1. The van der Waals surface area contributed by atoms with Crippen LogP contribution in [0.2, 0.25) is 0 Å². The van der Waals surface area contributed by atoms with Crippen LogP contribution >= 0.6 is 0 Å². The standard InChI is InChI=1S/C17H19FN2O/c1-2-12-3-7-15(8-4-12)21-17-16(18)13(9-10-19-17)11-20-14-5-6-14/h3-4,7-10,14,20H,2,5-6,11H2,1H3. The maximum Gasteiger partial charge on any atom is 0.256 e. The minimum absolute atomic E-state index is 0.0364. The first-order valence-electron chi connectivity index (χ1n) is 7.40. The summed E-state index contributed by atoms with van der Waals surface area (Å²) in [6, 6.07) is 9.88. The topological polar surface area (TPSA) is 34.1 Å². The summed E-state index contributed by atoms with van der Waals surface area (Å²) in [5.41, 5.74) is 1.82. The maximum absolute atomic E-state index is 14.3. The van der Waals surface area contributed by atoms with E-state index in [1.165, 1.54) is 18.4 Å². The summed E-state index contributed by atoms with van der Waals surface area (Å²) in [4.78, 5) is 3.99. The van der Waals surface area contributed by atoms with Gasteiger partial charge in [-0.15, -0.1) is 0 Å². The van der Waals surface area contributed by atoms with E-state index >= 15 is 0 Å². The number of hydrogen-bond acceptors (Lipinski definition) is 3. The highest BCUT2D eigenvalue weighted by Crippen LogP contribution is 2.25. The minimum atomic E-state index is -0.384. The molecule has 2 aromatic rings. The second-order valence-corrected chi connectivity index (χ2v) is 5.34. The van der Waals surface area contributed by atoms with Crippen molar-refractivity contribution >= 4 is 0 Å². The normalized spacial score (nSPS) is 14.2. The van der Waals surface area contributed by atoms with Gasteiger partial charge >= 0.3 is 0 Å². The molecule has 1 aliphatic rings. The molecule has 1 N–H and O–H groups in total. The molecule has 1 aromatic carbocycles. The van der Waals surface area contributed by atoms with Gasteiger partial charge in [0.15, 0.2) is 5.82 Å². The van der Waals surface area contributed by atoms with E-state index in [1.807, 2.05) is 24.3 Å². The van der Waals surface area contributed by atoms with Crippen LogP contribution in [-0.4, -0.2) is 11.0 Å². The van der Waals surface area contributed by atoms with Crippen molar-refractivity contribution in [2.24, 2.45) is 0 Å². The number of aryl methyl sites for hydroxylation is 1. The lowest BCUT2D eigenvalue weighted by molar-refractivity contribution is 0.417. The summed E-state index contributed by atoms with van der Waals surface area (Å²) < 4.78 is 19.9. The van der Waals surface area contributed by atoms with Gasteiger partial charge in [-0.25, -0.2) is 9.37 Å². The first kappa shape index (κ1) is 14.0. The third-order valence-corrected chi connectivity index (χ3v) is 3.64. The zero-order chi connectivity index (χ0) is 14.7. The molecule has 1 heterocycles. The molecule has 1 aliphatic carbocycles. The Hall–Kier alpha value is -1.94. The number of hydrogen-bond donors (Lipinski definition) is 1. The van der Waals surface area contributed by atoms with Gasteiger partial charge < -0.3 is 10.1 Å². The summed E-state index contributed by atoms with van der Waals surface area (Å²) in [7, 11) is 0. The number of halogens is 1. The molecule has 4 heteroatoms. The van der Waals surface area contributed by atoms with Gasteiger partial charge in [0.05, 0.1) is 0 Å². The molecule has 3 rings (SSSR count). The Morgan fingerprint density at radius 2 is 2.00 bits per heavy atom. The molecule has 110 valence electrons. The Balaban J connectivity index is 1.72. The maximum atomic E-state index is 14.3. The van der Waals surface area contributed by atoms with Gasteiger partial charge in [0.2, 0.25) is 0 Å². The molecule has 0 amide bonds. The molecule has 1 saturated carbocycles. The Kier molecular flexibility index (Phi) is 4.15. The van der Waals surface area contributed by atoms with E-state index in [0.717, 1.165) is 6.42 Å². The molecule has 1 fully saturated rings. The highest BCUT2D eigenvalue weighted by atomic mass is 19.1. The van der Waals surface area contributed by atoms with Crippen molar-refractivity contribution in [2.45, 2.75) is 38.8 Å². The predicted molar refractivity (Wildman–Crippen MR) is 80.0 cm³/mol. The van der Waals surface area contributed by atoms with Crippen LogP contribution in [0.3, 0.4) is 0 Å². The average Bonchev–Trinajstić information content (AvgIpc) is 3.33. The van der Waals surface area contributed by atoms with Crippen LogP contribution in [0.5, 0.6) is 11.6 Å². The highest BCUT2D eigenvalue weighted by Gasteiger charge is 2.21. The molecule has 0 saturated heterocycles. The van der Waals surface area contributed by atoms with E-state index in [0.29, 0.717) is 23.9 Å². The van der Waals surface area contributed by atoms with Gasteiger partial charge in [0.25, 0.3) is 5.88 Å². The van der Waals surface area contributed by atoms with Gasteiger partial charge in [-0.05, 0) is 43.0 Å². The second kappa shape index (κ2) is 6.22. The molecular weight excluding hydrogens is 267 g/mol. The number of pyridine rings is 1. The van der Waals surface area contributed by atoms with E-state index in [2.05, 4.69) is 17.2 Å². The minimum Gasteiger partial charge on any atom is -0.436 e. The van der Waals surface area contributed by atoms with Crippen molar-refractivity contribution in [3.8, 4) is 11.6 Å². The number of nitrogens with one attached hydrogen (secondary N) is 1. The lowest BCUT2D eigenvalue weighted by atomic mass is 10.2. The van der Waals surface area contributed by atoms with Crippen LogP contribution in [0.15, 0.2) is 36.5 Å².